The predicted octanol–water partition coefficient (Wildman–Crippen LogP) is -0.930. The first-order valence-electron chi connectivity index (χ1n) is 0.567. The Hall–Kier alpha value is 2.06. The zero-order valence-electron chi connectivity index (χ0n) is 2.01. The van der Waals surface area contributed by atoms with Gasteiger partial charge in [0.25, 0.3) is 0 Å². The van der Waals surface area contributed by atoms with Gasteiger partial charge in [-0.1, -0.05) is 0 Å². The minimum atomic E-state index is -1.92. The van der Waals surface area contributed by atoms with Crippen molar-refractivity contribution in [2.24, 2.45) is 0 Å². The summed E-state index contributed by atoms with van der Waals surface area (Å²) < 4.78 is 0. The SMILES string of the molecule is [Br-].[Cl][Ti]([Cl])[Cl]. The van der Waals surface area contributed by atoms with Crippen LogP contribution in [-0.2, 0) is 14.7 Å². The van der Waals surface area contributed by atoms with E-state index in [1.165, 1.54) is 0 Å². The Balaban J connectivity index is 0. The molecule has 33 valence electrons. The van der Waals surface area contributed by atoms with E-state index in [1.807, 2.05) is 0 Å². The third-order valence-corrected chi connectivity index (χ3v) is 0. The van der Waals surface area contributed by atoms with Crippen LogP contribution in [0.1, 0.15) is 0 Å². The summed E-state index contributed by atoms with van der Waals surface area (Å²) in [6.07, 6.45) is 0. The molecule has 5 heavy (non-hydrogen) atoms. The predicted molar refractivity (Wildman–Crippen MR) is 17.6 cm³/mol. The van der Waals surface area contributed by atoms with Gasteiger partial charge in [-0.05, 0) is 0 Å². The monoisotopic (exact) mass is 232 g/mol. The average molecular weight is 234 g/mol. The molecule has 0 fully saturated rings. The maximum absolute atomic E-state index is 4.97. The summed E-state index contributed by atoms with van der Waals surface area (Å²) in [5.74, 6) is 0. The Labute approximate surface area is 59.0 Å². The molecule has 0 radical (unpaired) electrons. The molecule has 0 aromatic heterocycles. The van der Waals surface area contributed by atoms with Crippen molar-refractivity contribution in [2.45, 2.75) is 0 Å². The first kappa shape index (κ1) is 10.1. The van der Waals surface area contributed by atoms with E-state index in [0.29, 0.717) is 0 Å². The van der Waals surface area contributed by atoms with Crippen molar-refractivity contribution in [1.82, 2.24) is 0 Å². The van der Waals surface area contributed by atoms with Crippen LogP contribution in [0.5, 0.6) is 0 Å². The fourth-order valence-corrected chi connectivity index (χ4v) is 0. The topological polar surface area (TPSA) is 0 Å². The van der Waals surface area contributed by atoms with E-state index in [0.717, 1.165) is 0 Å². The minimum absolute atomic E-state index is 0. The molecule has 0 aromatic carbocycles. The Morgan fingerprint density at radius 2 is 1.00 bits per heavy atom. The van der Waals surface area contributed by atoms with Crippen molar-refractivity contribution >= 4 is 27.9 Å². The van der Waals surface area contributed by atoms with Crippen molar-refractivity contribution in [2.75, 3.05) is 0 Å². The summed E-state index contributed by atoms with van der Waals surface area (Å²) in [4.78, 5) is 0. The Kier molecular flexibility index (Phi) is 12.3. The van der Waals surface area contributed by atoms with Gasteiger partial charge in [-0.3, -0.25) is 0 Å². The fourth-order valence-electron chi connectivity index (χ4n) is 0. The molecule has 0 aliphatic heterocycles. The zero-order chi connectivity index (χ0) is 3.58. The molecule has 0 unspecified atom stereocenters. The van der Waals surface area contributed by atoms with Crippen LogP contribution >= 0.6 is 27.9 Å². The van der Waals surface area contributed by atoms with Gasteiger partial charge in [0.05, 0.1) is 0 Å². The average Bonchev–Trinajstić information content (AvgIpc) is 0.811. The third-order valence-electron chi connectivity index (χ3n) is 0. The molecule has 0 spiro atoms. The van der Waals surface area contributed by atoms with Gasteiger partial charge in [0.15, 0.2) is 0 Å². The molecule has 0 aliphatic carbocycles. The molecule has 0 amide bonds. The standard InChI is InChI=1S/BrH.3ClH.Ti/h4*1H;/q;;;;+3/p-4. The first-order chi connectivity index (χ1) is 1.73. The first-order valence-corrected chi connectivity index (χ1v) is 7.01. The van der Waals surface area contributed by atoms with Crippen LogP contribution in [0.3, 0.4) is 0 Å². The molecule has 0 saturated carbocycles. The molecule has 0 bridgehead atoms. The molecule has 0 nitrogen and oxygen atoms in total. The number of hydrogen-bond donors (Lipinski definition) is 0. The second kappa shape index (κ2) is 6.06. The summed E-state index contributed by atoms with van der Waals surface area (Å²) in [5.41, 5.74) is 0. The van der Waals surface area contributed by atoms with Crippen LogP contribution in [-0.4, -0.2) is 0 Å². The van der Waals surface area contributed by atoms with Gasteiger partial charge in [0.1, 0.15) is 0 Å². The summed E-state index contributed by atoms with van der Waals surface area (Å²) in [6, 6.07) is 0. The second-order valence-electron chi connectivity index (χ2n) is 0.214. The van der Waals surface area contributed by atoms with E-state index in [-0.39, 0.29) is 17.0 Å². The van der Waals surface area contributed by atoms with Crippen LogP contribution in [0, 0.1) is 0 Å². The van der Waals surface area contributed by atoms with Crippen molar-refractivity contribution in [3.63, 3.8) is 0 Å². The second-order valence-corrected chi connectivity index (χ2v) is 7.95. The quantitative estimate of drug-likeness (QED) is 0.475. The van der Waals surface area contributed by atoms with E-state index in [1.54, 1.807) is 0 Å². The Morgan fingerprint density at radius 1 is 1.00 bits per heavy atom. The van der Waals surface area contributed by atoms with Gasteiger partial charge in [0.2, 0.25) is 0 Å². The van der Waals surface area contributed by atoms with E-state index in [9.17, 15) is 0 Å². The molecule has 5 heteroatoms. The molecule has 0 atom stereocenters. The Morgan fingerprint density at radius 3 is 1.00 bits per heavy atom. The van der Waals surface area contributed by atoms with E-state index in [4.69, 9.17) is 27.9 Å². The van der Waals surface area contributed by atoms with Gasteiger partial charge >= 0.3 is 42.6 Å². The van der Waals surface area contributed by atoms with Crippen LogP contribution in [0.2, 0.25) is 0 Å². The van der Waals surface area contributed by atoms with Crippen LogP contribution in [0.15, 0.2) is 0 Å². The van der Waals surface area contributed by atoms with Gasteiger partial charge in [-0.25, -0.2) is 0 Å². The summed E-state index contributed by atoms with van der Waals surface area (Å²) in [6.45, 7) is 0. The number of halogens is 4. The molecule has 0 N–H and O–H groups in total. The van der Waals surface area contributed by atoms with Crippen molar-refractivity contribution < 1.29 is 31.7 Å². The normalized spacial score (nSPS) is 5.40. The summed E-state index contributed by atoms with van der Waals surface area (Å²) in [5, 5.41) is 0. The molecule has 0 aliphatic rings. The summed E-state index contributed by atoms with van der Waals surface area (Å²) >= 11 is -1.92. The molecular weight excluding hydrogens is 234 g/mol. The van der Waals surface area contributed by atoms with E-state index >= 15 is 0 Å². The van der Waals surface area contributed by atoms with Gasteiger partial charge in [0, 0.05) is 0 Å². The van der Waals surface area contributed by atoms with Crippen molar-refractivity contribution in [3.05, 3.63) is 0 Å². The van der Waals surface area contributed by atoms with Crippen molar-refractivity contribution in [3.8, 4) is 0 Å². The van der Waals surface area contributed by atoms with E-state index in [2.05, 4.69) is 0 Å². The maximum atomic E-state index is 4.97. The van der Waals surface area contributed by atoms with Gasteiger partial charge in [-0.15, -0.1) is 0 Å². The van der Waals surface area contributed by atoms with Crippen LogP contribution in [0.25, 0.3) is 0 Å². The molecule has 0 saturated heterocycles. The molecule has 0 aromatic rings. The zero-order valence-corrected chi connectivity index (χ0v) is 7.43. The fraction of sp³-hybridized carbons (Fsp3) is 0. The van der Waals surface area contributed by atoms with Crippen LogP contribution < -0.4 is 17.0 Å². The number of rotatable bonds is 0. The van der Waals surface area contributed by atoms with E-state index < -0.39 is 14.7 Å². The molecule has 0 rings (SSSR count). The third kappa shape index (κ3) is 23.5. The van der Waals surface area contributed by atoms with Gasteiger partial charge in [-0.2, -0.15) is 0 Å². The van der Waals surface area contributed by atoms with Crippen LogP contribution in [0.4, 0.5) is 0 Å². The van der Waals surface area contributed by atoms with Crippen molar-refractivity contribution in [1.29, 1.82) is 0 Å². The molecule has 0 heterocycles. The van der Waals surface area contributed by atoms with Gasteiger partial charge < -0.3 is 17.0 Å². The molecular formula is BrCl3Ti-. The number of hydrogen-bond acceptors (Lipinski definition) is 0. The Bertz CT molecular complexity index is 11.6. The summed E-state index contributed by atoms with van der Waals surface area (Å²) in [7, 11) is 14.9.